The molecule has 6 rings (SSSR count). The summed E-state index contributed by atoms with van der Waals surface area (Å²) >= 11 is 6.23. The average Bonchev–Trinajstić information content (AvgIpc) is 3.85. The van der Waals surface area contributed by atoms with Gasteiger partial charge in [0.15, 0.2) is 0 Å². The molecule has 0 spiro atoms. The fourth-order valence-corrected chi connectivity index (χ4v) is 6.41. The van der Waals surface area contributed by atoms with Crippen LogP contribution in [-0.2, 0) is 14.3 Å². The maximum Gasteiger partial charge on any atom is 0.251 e. The Morgan fingerprint density at radius 3 is 2.84 bits per heavy atom. The first-order valence-electron chi connectivity index (χ1n) is 15.5. The van der Waals surface area contributed by atoms with Crippen LogP contribution in [0.15, 0.2) is 98.9 Å². The molecular weight excluding hydrogens is 593 g/mol. The number of nitrogens with zero attached hydrogens (tertiary/aromatic N) is 2. The number of rotatable bonds is 8. The Morgan fingerprint density at radius 2 is 2.09 bits per heavy atom. The third-order valence-corrected chi connectivity index (χ3v) is 9.47. The summed E-state index contributed by atoms with van der Waals surface area (Å²) in [5, 5.41) is 15.5. The van der Waals surface area contributed by atoms with E-state index in [0.29, 0.717) is 60.3 Å². The van der Waals surface area contributed by atoms with Crippen LogP contribution in [0.25, 0.3) is 0 Å². The van der Waals surface area contributed by atoms with Crippen molar-refractivity contribution in [2.24, 2.45) is 27.2 Å². The number of nitrogens with one attached hydrogen (secondary N) is 1. The second kappa shape index (κ2) is 12.7. The molecule has 3 heterocycles. The molecule has 236 valence electrons. The number of hydrogen-bond donors (Lipinski definition) is 2. The molecule has 2 aliphatic carbocycles. The van der Waals surface area contributed by atoms with E-state index < -0.39 is 11.4 Å². The van der Waals surface area contributed by atoms with E-state index in [-0.39, 0.29) is 34.8 Å². The standard InChI is InChI=1S/C36H39ClFN3O4/c1-35(2)21-45-19-26-14-27(35)9-11-32(41-33(26)24-8-10-30(38)29(37)16-24)36(43,18-22-6-7-22)20-40-34(42)25-13-23-5-4-12-39-31(23)17-28(15-25)44-3/h4-5,8,10-17,22,27,31,43H,6-7,9,18-21H2,1-3H3,(H,40,42)/b32-11-,41-33?. The number of dihydropyridines is 1. The van der Waals surface area contributed by atoms with Crippen LogP contribution in [0, 0.1) is 23.1 Å². The Kier molecular flexibility index (Phi) is 8.83. The average molecular weight is 632 g/mol. The van der Waals surface area contributed by atoms with Crippen molar-refractivity contribution in [1.29, 1.82) is 0 Å². The maximum absolute atomic E-state index is 14.2. The number of halogens is 2. The molecule has 3 atom stereocenters. The Balaban J connectivity index is 1.36. The number of fused-ring (bicyclic) bond motifs is 2. The second-order valence-corrected chi connectivity index (χ2v) is 13.6. The van der Waals surface area contributed by atoms with Gasteiger partial charge in [0, 0.05) is 22.9 Å². The van der Waals surface area contributed by atoms with Crippen molar-refractivity contribution in [2.45, 2.75) is 51.2 Å². The van der Waals surface area contributed by atoms with E-state index in [4.69, 9.17) is 26.1 Å². The Labute approximate surface area is 268 Å². The number of carbonyl (C=O) groups excluding carboxylic acids is 1. The molecule has 1 saturated carbocycles. The monoisotopic (exact) mass is 631 g/mol. The summed E-state index contributed by atoms with van der Waals surface area (Å²) in [6, 6.07) is 4.30. The number of allylic oxidation sites excluding steroid dienone is 4. The highest BCUT2D eigenvalue weighted by Gasteiger charge is 2.41. The summed E-state index contributed by atoms with van der Waals surface area (Å²) in [4.78, 5) is 23.2. The molecule has 2 N–H and O–H groups in total. The molecule has 2 bridgehead atoms. The van der Waals surface area contributed by atoms with Crippen LogP contribution in [0.1, 0.15) is 45.1 Å². The van der Waals surface area contributed by atoms with Gasteiger partial charge in [-0.25, -0.2) is 9.38 Å². The van der Waals surface area contributed by atoms with E-state index in [0.717, 1.165) is 24.0 Å². The summed E-state index contributed by atoms with van der Waals surface area (Å²) in [6.45, 7) is 5.19. The van der Waals surface area contributed by atoms with E-state index in [1.807, 2.05) is 24.3 Å². The lowest BCUT2D eigenvalue weighted by atomic mass is 9.75. The van der Waals surface area contributed by atoms with Crippen LogP contribution in [-0.4, -0.2) is 61.5 Å². The van der Waals surface area contributed by atoms with Crippen LogP contribution in [0.5, 0.6) is 0 Å². The summed E-state index contributed by atoms with van der Waals surface area (Å²) in [5.41, 5.74) is 2.21. The predicted molar refractivity (Wildman–Crippen MR) is 175 cm³/mol. The highest BCUT2D eigenvalue weighted by atomic mass is 35.5. The number of carbonyl (C=O) groups is 1. The van der Waals surface area contributed by atoms with Crippen LogP contribution < -0.4 is 5.32 Å². The van der Waals surface area contributed by atoms with Gasteiger partial charge in [0.05, 0.1) is 49.3 Å². The lowest BCUT2D eigenvalue weighted by Gasteiger charge is -2.33. The lowest BCUT2D eigenvalue weighted by molar-refractivity contribution is -0.118. The Bertz CT molecular complexity index is 1630. The van der Waals surface area contributed by atoms with Crippen molar-refractivity contribution in [2.75, 3.05) is 26.9 Å². The minimum atomic E-state index is -1.45. The van der Waals surface area contributed by atoms with Gasteiger partial charge >= 0.3 is 0 Å². The third-order valence-electron chi connectivity index (χ3n) is 9.18. The highest BCUT2D eigenvalue weighted by Crippen LogP contribution is 2.42. The lowest BCUT2D eigenvalue weighted by Crippen LogP contribution is -2.45. The fraction of sp³-hybridized carbons (Fsp3) is 0.417. The van der Waals surface area contributed by atoms with Crippen molar-refractivity contribution in [3.63, 3.8) is 0 Å². The van der Waals surface area contributed by atoms with E-state index in [2.05, 4.69) is 30.2 Å². The fourth-order valence-electron chi connectivity index (χ4n) is 6.23. The molecule has 9 heteroatoms. The number of amides is 1. The van der Waals surface area contributed by atoms with Crippen LogP contribution in [0.3, 0.4) is 0 Å². The van der Waals surface area contributed by atoms with Gasteiger partial charge in [-0.15, -0.1) is 0 Å². The van der Waals surface area contributed by atoms with E-state index >= 15 is 0 Å². The molecule has 0 radical (unpaired) electrons. The molecule has 1 amide bonds. The van der Waals surface area contributed by atoms with Crippen LogP contribution in [0.4, 0.5) is 4.39 Å². The van der Waals surface area contributed by atoms with Gasteiger partial charge in [0.25, 0.3) is 5.91 Å². The third kappa shape index (κ3) is 6.98. The molecule has 0 aromatic heterocycles. The van der Waals surface area contributed by atoms with Gasteiger partial charge in [-0.05, 0) is 78.2 Å². The largest absolute Gasteiger partial charge is 0.497 e. The second-order valence-electron chi connectivity index (χ2n) is 13.2. The summed E-state index contributed by atoms with van der Waals surface area (Å²) in [6.07, 6.45) is 18.2. The van der Waals surface area contributed by atoms with E-state index in [9.17, 15) is 14.3 Å². The van der Waals surface area contributed by atoms with Gasteiger partial charge in [0.1, 0.15) is 17.2 Å². The summed E-state index contributed by atoms with van der Waals surface area (Å²) in [5.74, 6) is 0.110. The zero-order valence-electron chi connectivity index (χ0n) is 25.9. The zero-order valence-corrected chi connectivity index (χ0v) is 26.6. The van der Waals surface area contributed by atoms with E-state index in [1.165, 1.54) is 6.07 Å². The normalized spacial score (nSPS) is 26.4. The van der Waals surface area contributed by atoms with Gasteiger partial charge in [-0.3, -0.25) is 9.79 Å². The van der Waals surface area contributed by atoms with Crippen molar-refractivity contribution in [3.05, 3.63) is 105 Å². The van der Waals surface area contributed by atoms with E-state index in [1.54, 1.807) is 37.6 Å². The summed E-state index contributed by atoms with van der Waals surface area (Å²) < 4.78 is 25.8. The number of hydrogen-bond acceptors (Lipinski definition) is 6. The SMILES string of the molecule is COC1=CC2N=CC=CC2=CC(C(=O)NCC(O)(CC2CC2)/C2=C/CC3C=C(COCC3(C)C)C(c3ccc(F)c(Cl)c3)=N2)=C1. The zero-order chi connectivity index (χ0) is 31.8. The number of aliphatic imine (C=N–C) groups is 2. The molecule has 45 heavy (non-hydrogen) atoms. The maximum atomic E-state index is 14.2. The number of benzene rings is 1. The molecule has 1 aromatic rings. The molecule has 3 aliphatic heterocycles. The Hall–Kier alpha value is -3.59. The first-order chi connectivity index (χ1) is 21.5. The minimum Gasteiger partial charge on any atom is -0.497 e. The minimum absolute atomic E-state index is 0.00803. The number of ether oxygens (including phenoxy) is 2. The van der Waals surface area contributed by atoms with Gasteiger partial charge in [0.2, 0.25) is 0 Å². The Morgan fingerprint density at radius 1 is 1.27 bits per heavy atom. The summed E-state index contributed by atoms with van der Waals surface area (Å²) in [7, 11) is 1.56. The molecule has 5 aliphatic rings. The molecule has 1 fully saturated rings. The van der Waals surface area contributed by atoms with Crippen molar-refractivity contribution in [3.8, 4) is 0 Å². The molecule has 3 unspecified atom stereocenters. The molecule has 1 aromatic carbocycles. The van der Waals surface area contributed by atoms with Crippen LogP contribution in [0.2, 0.25) is 5.02 Å². The predicted octanol–water partition coefficient (Wildman–Crippen LogP) is 6.21. The molecule has 7 nitrogen and oxygen atoms in total. The first-order valence-corrected chi connectivity index (χ1v) is 15.9. The first kappa shape index (κ1) is 31.4. The van der Waals surface area contributed by atoms with Gasteiger partial charge in [-0.1, -0.05) is 56.5 Å². The van der Waals surface area contributed by atoms with Crippen molar-refractivity contribution in [1.82, 2.24) is 5.32 Å². The van der Waals surface area contributed by atoms with Crippen molar-refractivity contribution < 1.29 is 23.8 Å². The topological polar surface area (TPSA) is 92.5 Å². The smallest absolute Gasteiger partial charge is 0.251 e. The molecule has 0 saturated heterocycles. The molecular formula is C36H39ClFN3O4. The van der Waals surface area contributed by atoms with Gasteiger partial charge < -0.3 is 19.9 Å². The number of aliphatic hydroxyl groups is 1. The van der Waals surface area contributed by atoms with Gasteiger partial charge in [-0.2, -0.15) is 0 Å². The highest BCUT2D eigenvalue weighted by molar-refractivity contribution is 6.31. The van der Waals surface area contributed by atoms with Crippen molar-refractivity contribution >= 4 is 29.4 Å². The quantitative estimate of drug-likeness (QED) is 0.357. The number of methoxy groups -OCH3 is 1. The van der Waals surface area contributed by atoms with Crippen LogP contribution >= 0.6 is 11.6 Å².